The summed E-state index contributed by atoms with van der Waals surface area (Å²) in [6.07, 6.45) is 1.64. The van der Waals surface area contributed by atoms with Crippen LogP contribution in [0.1, 0.15) is 41.7 Å². The Morgan fingerprint density at radius 1 is 0.864 bits per heavy atom. The fraction of sp³-hybridized carbons (Fsp3) is 0.278. The lowest BCUT2D eigenvalue weighted by Gasteiger charge is -2.35. The van der Waals surface area contributed by atoms with Crippen LogP contribution in [0.15, 0.2) is 84.6 Å². The van der Waals surface area contributed by atoms with Crippen LogP contribution in [-0.4, -0.2) is 46.9 Å². The van der Waals surface area contributed by atoms with Crippen molar-refractivity contribution in [3.8, 4) is 17.4 Å². The van der Waals surface area contributed by atoms with Gasteiger partial charge >= 0.3 is 0 Å². The average Bonchev–Trinajstić information content (AvgIpc) is 3.03. The second kappa shape index (κ2) is 14.3. The molecule has 0 aliphatic carbocycles. The minimum Gasteiger partial charge on any atom is -0.487 e. The molecular weight excluding hydrogens is 593 g/mol. The first-order chi connectivity index (χ1) is 21.2. The van der Waals surface area contributed by atoms with Crippen molar-refractivity contribution in [3.63, 3.8) is 0 Å². The number of aryl methyl sites for hydroxylation is 2. The zero-order valence-corrected chi connectivity index (χ0v) is 27.1. The quantitative estimate of drug-likeness (QED) is 0.174. The van der Waals surface area contributed by atoms with Crippen LogP contribution < -0.4 is 9.47 Å². The molecule has 6 nitrogen and oxygen atoms in total. The first-order valence-electron chi connectivity index (χ1n) is 14.7. The van der Waals surface area contributed by atoms with Crippen LogP contribution in [0.25, 0.3) is 5.57 Å². The molecule has 5 rings (SSSR count). The van der Waals surface area contributed by atoms with E-state index in [-0.39, 0.29) is 5.91 Å². The lowest BCUT2D eigenvalue weighted by molar-refractivity contribution is -0.128. The second-order valence-corrected chi connectivity index (χ2v) is 12.1. The third-order valence-electron chi connectivity index (χ3n) is 7.97. The third kappa shape index (κ3) is 8.00. The number of pyridine rings is 1. The largest absolute Gasteiger partial charge is 0.487 e. The van der Waals surface area contributed by atoms with Gasteiger partial charge in [-0.05, 0) is 85.9 Å². The predicted octanol–water partition coefficient (Wildman–Crippen LogP) is 8.51. The van der Waals surface area contributed by atoms with E-state index in [0.29, 0.717) is 47.7 Å². The molecule has 0 bridgehead atoms. The van der Waals surface area contributed by atoms with Gasteiger partial charge in [0.2, 0.25) is 11.8 Å². The van der Waals surface area contributed by atoms with Gasteiger partial charge in [-0.25, -0.2) is 4.98 Å². The number of hydrogen-bond acceptors (Lipinski definition) is 5. The molecule has 1 fully saturated rings. The zero-order chi connectivity index (χ0) is 31.2. The number of aromatic nitrogens is 1. The average molecular weight is 631 g/mol. The van der Waals surface area contributed by atoms with E-state index in [1.165, 1.54) is 11.1 Å². The molecule has 3 aromatic carbocycles. The predicted molar refractivity (Wildman–Crippen MR) is 178 cm³/mol. The van der Waals surface area contributed by atoms with Crippen molar-refractivity contribution in [2.24, 2.45) is 0 Å². The Balaban J connectivity index is 1.19. The summed E-state index contributed by atoms with van der Waals surface area (Å²) >= 11 is 12.7. The molecule has 0 N–H and O–H groups in total. The Morgan fingerprint density at radius 2 is 1.55 bits per heavy atom. The number of nitrogens with zero attached hydrogens (tertiary/aromatic N) is 3. The molecule has 2 heterocycles. The number of benzene rings is 3. The Hall–Kier alpha value is -3.84. The monoisotopic (exact) mass is 629 g/mol. The summed E-state index contributed by atoms with van der Waals surface area (Å²) in [6, 6.07) is 23.6. The van der Waals surface area contributed by atoms with Gasteiger partial charge < -0.3 is 14.4 Å². The summed E-state index contributed by atoms with van der Waals surface area (Å²) in [4.78, 5) is 22.1. The number of carbonyl (C=O) groups is 1. The SMILES string of the molecule is C/C(C(=O)N1CCN(Cc2ccc(Cl)cc2)CC1)=C(\C)c1cc(C)c(Oc2ccc(OCc3ccc(C)cc3)cn2)c(Cl)c1. The molecule has 0 saturated carbocycles. The molecule has 1 saturated heterocycles. The van der Waals surface area contributed by atoms with E-state index in [9.17, 15) is 4.79 Å². The van der Waals surface area contributed by atoms with Gasteiger partial charge in [-0.2, -0.15) is 0 Å². The minimum absolute atomic E-state index is 0.0524. The van der Waals surface area contributed by atoms with E-state index in [2.05, 4.69) is 53.2 Å². The minimum atomic E-state index is 0.0524. The summed E-state index contributed by atoms with van der Waals surface area (Å²) in [5.41, 5.74) is 6.87. The van der Waals surface area contributed by atoms with E-state index in [4.69, 9.17) is 32.7 Å². The Morgan fingerprint density at radius 3 is 2.18 bits per heavy atom. The molecule has 0 radical (unpaired) electrons. The van der Waals surface area contributed by atoms with Gasteiger partial charge in [-0.3, -0.25) is 9.69 Å². The molecule has 4 aromatic rings. The van der Waals surface area contributed by atoms with Gasteiger partial charge in [0.05, 0.1) is 11.2 Å². The Bertz CT molecular complexity index is 1600. The van der Waals surface area contributed by atoms with Gasteiger partial charge in [0.25, 0.3) is 0 Å². The van der Waals surface area contributed by atoms with Crippen molar-refractivity contribution in [2.75, 3.05) is 26.2 Å². The van der Waals surface area contributed by atoms with E-state index >= 15 is 0 Å². The maximum absolute atomic E-state index is 13.4. The fourth-order valence-electron chi connectivity index (χ4n) is 5.12. The maximum Gasteiger partial charge on any atom is 0.249 e. The first-order valence-corrected chi connectivity index (χ1v) is 15.5. The number of carbonyl (C=O) groups excluding carboxylic acids is 1. The van der Waals surface area contributed by atoms with Crippen molar-refractivity contribution in [1.82, 2.24) is 14.8 Å². The van der Waals surface area contributed by atoms with Gasteiger partial charge in [-0.15, -0.1) is 0 Å². The van der Waals surface area contributed by atoms with Crippen LogP contribution in [0, 0.1) is 13.8 Å². The van der Waals surface area contributed by atoms with E-state index in [1.54, 1.807) is 12.3 Å². The molecule has 8 heteroatoms. The highest BCUT2D eigenvalue weighted by Gasteiger charge is 2.23. The van der Waals surface area contributed by atoms with Crippen LogP contribution in [0.2, 0.25) is 10.0 Å². The molecule has 1 amide bonds. The van der Waals surface area contributed by atoms with Gasteiger partial charge in [0.1, 0.15) is 12.4 Å². The number of halogens is 2. The van der Waals surface area contributed by atoms with Gasteiger partial charge in [0, 0.05) is 49.4 Å². The van der Waals surface area contributed by atoms with Crippen LogP contribution in [-0.2, 0) is 17.9 Å². The van der Waals surface area contributed by atoms with Crippen molar-refractivity contribution >= 4 is 34.7 Å². The van der Waals surface area contributed by atoms with E-state index in [0.717, 1.165) is 46.9 Å². The number of piperazine rings is 1. The molecule has 1 aliphatic heterocycles. The highest BCUT2D eigenvalue weighted by atomic mass is 35.5. The van der Waals surface area contributed by atoms with E-state index in [1.807, 2.05) is 56.0 Å². The van der Waals surface area contributed by atoms with Crippen molar-refractivity contribution < 1.29 is 14.3 Å². The summed E-state index contributed by atoms with van der Waals surface area (Å²) in [5.74, 6) is 1.65. The molecule has 228 valence electrons. The summed E-state index contributed by atoms with van der Waals surface area (Å²) in [6.45, 7) is 12.2. The lowest BCUT2D eigenvalue weighted by Crippen LogP contribution is -2.48. The molecule has 1 aliphatic rings. The van der Waals surface area contributed by atoms with Gasteiger partial charge in [0.15, 0.2) is 5.75 Å². The summed E-state index contributed by atoms with van der Waals surface area (Å²) in [5, 5.41) is 1.19. The summed E-state index contributed by atoms with van der Waals surface area (Å²) < 4.78 is 11.9. The topological polar surface area (TPSA) is 54.9 Å². The standard InChI is InChI=1S/C36H37Cl2N3O3/c1-24-5-7-29(8-6-24)23-43-32-13-14-34(39-21-32)44-35-25(2)19-30(20-33(35)38)26(3)27(4)36(42)41-17-15-40(16-18-41)22-28-9-11-31(37)12-10-28/h5-14,19-21H,15-18,22-23H2,1-4H3/b27-26-. The number of allylic oxidation sites excluding steroid dienone is 1. The normalized spacial score (nSPS) is 14.3. The number of ether oxygens (including phenoxy) is 2. The smallest absolute Gasteiger partial charge is 0.249 e. The molecular formula is C36H37Cl2N3O3. The van der Waals surface area contributed by atoms with Crippen LogP contribution in [0.3, 0.4) is 0 Å². The first kappa shape index (κ1) is 31.6. The Kier molecular flexibility index (Phi) is 10.3. The molecule has 0 unspecified atom stereocenters. The van der Waals surface area contributed by atoms with Crippen LogP contribution in [0.4, 0.5) is 0 Å². The van der Waals surface area contributed by atoms with Crippen molar-refractivity contribution in [3.05, 3.63) is 122 Å². The van der Waals surface area contributed by atoms with Gasteiger partial charge in [-0.1, -0.05) is 65.2 Å². The van der Waals surface area contributed by atoms with Crippen LogP contribution >= 0.6 is 23.2 Å². The number of rotatable bonds is 9. The number of amides is 1. The highest BCUT2D eigenvalue weighted by Crippen LogP contribution is 2.36. The van der Waals surface area contributed by atoms with E-state index < -0.39 is 0 Å². The lowest BCUT2D eigenvalue weighted by atomic mass is 9.99. The third-order valence-corrected chi connectivity index (χ3v) is 8.50. The molecule has 0 atom stereocenters. The molecule has 0 spiro atoms. The Labute approximate surface area is 269 Å². The van der Waals surface area contributed by atoms with Crippen molar-refractivity contribution in [2.45, 2.75) is 40.8 Å². The summed E-state index contributed by atoms with van der Waals surface area (Å²) in [7, 11) is 0. The molecule has 44 heavy (non-hydrogen) atoms. The second-order valence-electron chi connectivity index (χ2n) is 11.3. The maximum atomic E-state index is 13.4. The number of hydrogen-bond donors (Lipinski definition) is 0. The zero-order valence-electron chi connectivity index (χ0n) is 25.6. The fourth-order valence-corrected chi connectivity index (χ4v) is 5.55. The van der Waals surface area contributed by atoms with Crippen molar-refractivity contribution in [1.29, 1.82) is 0 Å². The molecule has 1 aromatic heterocycles. The highest BCUT2D eigenvalue weighted by molar-refractivity contribution is 6.32. The van der Waals surface area contributed by atoms with Crippen LogP contribution in [0.5, 0.6) is 17.4 Å².